The Morgan fingerprint density at radius 1 is 1.26 bits per heavy atom. The van der Waals surface area contributed by atoms with Gasteiger partial charge in [-0.1, -0.05) is 13.0 Å². The number of halogens is 1. The SMILES string of the molecule is CCc1ccc2c(cnn2C2CCC(N)CC2)c1.Cl. The summed E-state index contributed by atoms with van der Waals surface area (Å²) >= 11 is 0. The molecule has 0 unspecified atom stereocenters. The Balaban J connectivity index is 0.00000133. The molecule has 0 radical (unpaired) electrons. The highest BCUT2D eigenvalue weighted by molar-refractivity contribution is 5.85. The van der Waals surface area contributed by atoms with Gasteiger partial charge in [-0.05, 0) is 49.8 Å². The van der Waals surface area contributed by atoms with Gasteiger partial charge in [0.1, 0.15) is 0 Å². The Labute approximate surface area is 120 Å². The van der Waals surface area contributed by atoms with E-state index in [1.165, 1.54) is 16.5 Å². The molecule has 1 aromatic carbocycles. The summed E-state index contributed by atoms with van der Waals surface area (Å²) in [5, 5.41) is 5.86. The van der Waals surface area contributed by atoms with E-state index < -0.39 is 0 Å². The van der Waals surface area contributed by atoms with Crippen molar-refractivity contribution in [1.29, 1.82) is 0 Å². The van der Waals surface area contributed by atoms with Gasteiger partial charge < -0.3 is 5.73 Å². The van der Waals surface area contributed by atoms with Crippen molar-refractivity contribution >= 4 is 23.3 Å². The largest absolute Gasteiger partial charge is 0.328 e. The number of benzene rings is 1. The van der Waals surface area contributed by atoms with E-state index in [0.717, 1.165) is 32.1 Å². The van der Waals surface area contributed by atoms with Crippen molar-refractivity contribution in [1.82, 2.24) is 9.78 Å². The van der Waals surface area contributed by atoms with Gasteiger partial charge in [-0.2, -0.15) is 5.10 Å². The van der Waals surface area contributed by atoms with Crippen LogP contribution in [0.25, 0.3) is 10.9 Å². The normalized spacial score (nSPS) is 23.3. The first-order valence-corrected chi connectivity index (χ1v) is 6.99. The third kappa shape index (κ3) is 2.77. The minimum atomic E-state index is 0. The molecule has 2 N–H and O–H groups in total. The van der Waals surface area contributed by atoms with E-state index in [0.29, 0.717) is 12.1 Å². The van der Waals surface area contributed by atoms with Crippen molar-refractivity contribution in [2.24, 2.45) is 5.73 Å². The van der Waals surface area contributed by atoms with Crippen LogP contribution in [0.2, 0.25) is 0 Å². The van der Waals surface area contributed by atoms with Crippen LogP contribution in [-0.4, -0.2) is 15.8 Å². The fourth-order valence-electron chi connectivity index (χ4n) is 2.96. The third-order valence-electron chi connectivity index (χ3n) is 4.16. The molecule has 1 fully saturated rings. The first kappa shape index (κ1) is 14.4. The molecule has 4 heteroatoms. The molecule has 1 aromatic heterocycles. The van der Waals surface area contributed by atoms with Gasteiger partial charge in [0.2, 0.25) is 0 Å². The second kappa shape index (κ2) is 5.93. The van der Waals surface area contributed by atoms with Crippen molar-refractivity contribution in [3.8, 4) is 0 Å². The highest BCUT2D eigenvalue weighted by atomic mass is 35.5. The van der Waals surface area contributed by atoms with Crippen molar-refractivity contribution < 1.29 is 0 Å². The molecule has 1 aliphatic rings. The number of nitrogens with two attached hydrogens (primary N) is 1. The van der Waals surface area contributed by atoms with E-state index in [1.807, 2.05) is 6.20 Å². The summed E-state index contributed by atoms with van der Waals surface area (Å²) in [5.74, 6) is 0. The van der Waals surface area contributed by atoms with Crippen LogP contribution in [0, 0.1) is 0 Å². The average Bonchev–Trinajstić information content (AvgIpc) is 2.82. The zero-order valence-corrected chi connectivity index (χ0v) is 12.2. The molecular weight excluding hydrogens is 258 g/mol. The second-order valence-corrected chi connectivity index (χ2v) is 5.40. The van der Waals surface area contributed by atoms with E-state index in [9.17, 15) is 0 Å². The highest BCUT2D eigenvalue weighted by Gasteiger charge is 2.21. The maximum absolute atomic E-state index is 5.97. The number of hydrogen-bond acceptors (Lipinski definition) is 2. The van der Waals surface area contributed by atoms with Gasteiger partial charge in [-0.25, -0.2) is 0 Å². The van der Waals surface area contributed by atoms with E-state index in [1.54, 1.807) is 0 Å². The monoisotopic (exact) mass is 279 g/mol. The molecule has 0 bridgehead atoms. The lowest BCUT2D eigenvalue weighted by atomic mass is 9.92. The first-order valence-electron chi connectivity index (χ1n) is 6.99. The van der Waals surface area contributed by atoms with E-state index >= 15 is 0 Å². The molecule has 0 amide bonds. The van der Waals surface area contributed by atoms with Crippen LogP contribution in [0.5, 0.6) is 0 Å². The van der Waals surface area contributed by atoms with Crippen LogP contribution in [0.1, 0.15) is 44.2 Å². The predicted octanol–water partition coefficient (Wildman–Crippen LogP) is 3.46. The lowest BCUT2D eigenvalue weighted by Crippen LogP contribution is -2.28. The van der Waals surface area contributed by atoms with Crippen LogP contribution >= 0.6 is 12.4 Å². The number of fused-ring (bicyclic) bond motifs is 1. The molecule has 19 heavy (non-hydrogen) atoms. The lowest BCUT2D eigenvalue weighted by Gasteiger charge is -2.26. The molecule has 0 spiro atoms. The van der Waals surface area contributed by atoms with Crippen molar-refractivity contribution in [3.63, 3.8) is 0 Å². The topological polar surface area (TPSA) is 43.8 Å². The summed E-state index contributed by atoms with van der Waals surface area (Å²) in [6.45, 7) is 2.19. The minimum absolute atomic E-state index is 0. The maximum atomic E-state index is 5.97. The molecule has 3 rings (SSSR count). The van der Waals surface area contributed by atoms with E-state index in [-0.39, 0.29) is 12.4 Å². The predicted molar refractivity (Wildman–Crippen MR) is 81.8 cm³/mol. The van der Waals surface area contributed by atoms with E-state index in [2.05, 4.69) is 34.9 Å². The number of rotatable bonds is 2. The zero-order chi connectivity index (χ0) is 12.5. The fraction of sp³-hybridized carbons (Fsp3) is 0.533. The quantitative estimate of drug-likeness (QED) is 0.915. The van der Waals surface area contributed by atoms with Gasteiger partial charge in [0.25, 0.3) is 0 Å². The number of hydrogen-bond donors (Lipinski definition) is 1. The maximum Gasteiger partial charge on any atom is 0.0685 e. The summed E-state index contributed by atoms with van der Waals surface area (Å²) < 4.78 is 2.21. The van der Waals surface area contributed by atoms with Gasteiger partial charge in [0.05, 0.1) is 17.8 Å². The summed E-state index contributed by atoms with van der Waals surface area (Å²) in [4.78, 5) is 0. The van der Waals surface area contributed by atoms with Crippen LogP contribution in [0.3, 0.4) is 0 Å². The van der Waals surface area contributed by atoms with Crippen LogP contribution in [0.15, 0.2) is 24.4 Å². The molecule has 0 saturated heterocycles. The first-order chi connectivity index (χ1) is 8.78. The zero-order valence-electron chi connectivity index (χ0n) is 11.4. The molecule has 1 heterocycles. The van der Waals surface area contributed by atoms with Crippen molar-refractivity contribution in [2.75, 3.05) is 0 Å². The smallest absolute Gasteiger partial charge is 0.0685 e. The molecule has 104 valence electrons. The second-order valence-electron chi connectivity index (χ2n) is 5.40. The molecule has 2 aromatic rings. The molecule has 0 aliphatic heterocycles. The van der Waals surface area contributed by atoms with Crippen molar-refractivity contribution in [3.05, 3.63) is 30.0 Å². The minimum Gasteiger partial charge on any atom is -0.328 e. The summed E-state index contributed by atoms with van der Waals surface area (Å²) in [6.07, 6.45) is 7.65. The lowest BCUT2D eigenvalue weighted by molar-refractivity contribution is 0.311. The molecule has 1 saturated carbocycles. The van der Waals surface area contributed by atoms with Crippen LogP contribution in [0.4, 0.5) is 0 Å². The van der Waals surface area contributed by atoms with Crippen LogP contribution < -0.4 is 5.73 Å². The van der Waals surface area contributed by atoms with E-state index in [4.69, 9.17) is 5.73 Å². The highest BCUT2D eigenvalue weighted by Crippen LogP contribution is 2.30. The van der Waals surface area contributed by atoms with Gasteiger partial charge in [0.15, 0.2) is 0 Å². The third-order valence-corrected chi connectivity index (χ3v) is 4.16. The standard InChI is InChI=1S/C15H21N3.ClH/c1-2-11-3-8-15-12(9-11)10-17-18(15)14-6-4-13(16)5-7-14;/h3,8-10,13-14H,2,4-7,16H2,1H3;1H. The van der Waals surface area contributed by atoms with Crippen LogP contribution in [-0.2, 0) is 6.42 Å². The summed E-state index contributed by atoms with van der Waals surface area (Å²) in [6, 6.07) is 7.63. The molecule has 3 nitrogen and oxygen atoms in total. The summed E-state index contributed by atoms with van der Waals surface area (Å²) in [5.41, 5.74) is 8.62. The van der Waals surface area contributed by atoms with Gasteiger partial charge in [-0.3, -0.25) is 4.68 Å². The Kier molecular flexibility index (Phi) is 4.48. The molecular formula is C15H22ClN3. The van der Waals surface area contributed by atoms with Gasteiger partial charge in [0, 0.05) is 11.4 Å². The fourth-order valence-corrected chi connectivity index (χ4v) is 2.96. The van der Waals surface area contributed by atoms with Crippen molar-refractivity contribution in [2.45, 2.75) is 51.1 Å². The molecule has 1 aliphatic carbocycles. The van der Waals surface area contributed by atoms with Gasteiger partial charge >= 0.3 is 0 Å². The average molecular weight is 280 g/mol. The number of aromatic nitrogens is 2. The molecule has 0 atom stereocenters. The number of nitrogens with zero attached hydrogens (tertiary/aromatic N) is 2. The Bertz CT molecular complexity index is 541. The number of aryl methyl sites for hydroxylation is 1. The summed E-state index contributed by atoms with van der Waals surface area (Å²) in [7, 11) is 0. The Morgan fingerprint density at radius 2 is 2.00 bits per heavy atom. The Hall–Kier alpha value is -1.06. The Morgan fingerprint density at radius 3 is 2.68 bits per heavy atom. The van der Waals surface area contributed by atoms with Gasteiger partial charge in [-0.15, -0.1) is 12.4 Å².